The number of nitrogens with one attached hydrogen (secondary N) is 2. The van der Waals surface area contributed by atoms with E-state index >= 15 is 0 Å². The number of carbonyl (C=O) groups is 1. The smallest absolute Gasteiger partial charge is 0.361 e. The Morgan fingerprint density at radius 2 is 2.03 bits per heavy atom. The van der Waals surface area contributed by atoms with Crippen molar-refractivity contribution in [3.63, 3.8) is 0 Å². The van der Waals surface area contributed by atoms with E-state index in [4.69, 9.17) is 0 Å². The highest BCUT2D eigenvalue weighted by Crippen LogP contribution is 2.33. The van der Waals surface area contributed by atoms with Crippen LogP contribution >= 0.6 is 0 Å². The molecule has 0 saturated heterocycles. The summed E-state index contributed by atoms with van der Waals surface area (Å²) in [6, 6.07) is 7.89. The molecule has 0 aliphatic carbocycles. The van der Waals surface area contributed by atoms with Gasteiger partial charge in [-0.2, -0.15) is 13.2 Å². The van der Waals surface area contributed by atoms with Crippen LogP contribution in [0.2, 0.25) is 0 Å². The quantitative estimate of drug-likeness (QED) is 0.496. The van der Waals surface area contributed by atoms with Crippen LogP contribution in [-0.4, -0.2) is 20.4 Å². The summed E-state index contributed by atoms with van der Waals surface area (Å²) < 4.78 is 55.2. The summed E-state index contributed by atoms with van der Waals surface area (Å²) in [5.41, 5.74) is -0.324. The van der Waals surface area contributed by atoms with Crippen LogP contribution in [0.1, 0.15) is 21.5 Å². The third-order valence-corrected chi connectivity index (χ3v) is 4.54. The fourth-order valence-electron chi connectivity index (χ4n) is 3.16. The number of aromatic nitrogens is 3. The molecule has 2 N–H and O–H groups in total. The van der Waals surface area contributed by atoms with Crippen LogP contribution in [0.5, 0.6) is 0 Å². The average Bonchev–Trinajstić information content (AvgIpc) is 3.36. The molecular weight excluding hydrogens is 388 g/mol. The number of hydrogen-bond acceptors (Lipinski definition) is 2. The lowest BCUT2D eigenvalue weighted by Crippen LogP contribution is -2.25. The summed E-state index contributed by atoms with van der Waals surface area (Å²) in [7, 11) is 0. The molecule has 0 unspecified atom stereocenters. The fraction of sp³-hybridized carbons (Fsp3) is 0.100. The first-order valence-corrected chi connectivity index (χ1v) is 8.57. The fourth-order valence-corrected chi connectivity index (χ4v) is 3.16. The van der Waals surface area contributed by atoms with Gasteiger partial charge in [0.15, 0.2) is 0 Å². The molecule has 0 aliphatic rings. The van der Waals surface area contributed by atoms with Gasteiger partial charge in [-0.05, 0) is 30.3 Å². The predicted octanol–water partition coefficient (Wildman–Crippen LogP) is 4.44. The van der Waals surface area contributed by atoms with E-state index in [2.05, 4.69) is 15.3 Å². The maximum Gasteiger partial charge on any atom is 0.416 e. The lowest BCUT2D eigenvalue weighted by atomic mass is 10.1. The molecule has 0 saturated carbocycles. The van der Waals surface area contributed by atoms with E-state index in [0.717, 1.165) is 23.6 Å². The third-order valence-electron chi connectivity index (χ3n) is 4.54. The lowest BCUT2D eigenvalue weighted by molar-refractivity contribution is -0.138. The van der Waals surface area contributed by atoms with E-state index in [1.165, 1.54) is 0 Å². The Balaban J connectivity index is 1.67. The molecule has 4 aromatic rings. The number of amides is 1. The van der Waals surface area contributed by atoms with Crippen molar-refractivity contribution >= 4 is 16.8 Å². The molecule has 2 heterocycles. The predicted molar refractivity (Wildman–Crippen MR) is 98.0 cm³/mol. The molecule has 2 aromatic heterocycles. The van der Waals surface area contributed by atoms with Crippen LogP contribution < -0.4 is 5.32 Å². The largest absolute Gasteiger partial charge is 0.416 e. The Labute approximate surface area is 162 Å². The van der Waals surface area contributed by atoms with Gasteiger partial charge in [-0.25, -0.2) is 9.37 Å². The van der Waals surface area contributed by atoms with Crippen molar-refractivity contribution in [2.75, 3.05) is 0 Å². The monoisotopic (exact) mass is 402 g/mol. The van der Waals surface area contributed by atoms with Crippen molar-refractivity contribution in [2.45, 2.75) is 12.7 Å². The molecule has 0 spiro atoms. The van der Waals surface area contributed by atoms with Gasteiger partial charge < -0.3 is 14.9 Å². The molecule has 0 radical (unpaired) electrons. The number of carbonyl (C=O) groups excluding carboxylic acids is 1. The van der Waals surface area contributed by atoms with Gasteiger partial charge in [-0.15, -0.1) is 0 Å². The molecule has 5 nitrogen and oxygen atoms in total. The Bertz CT molecular complexity index is 1180. The minimum Gasteiger partial charge on any atom is -0.361 e. The highest BCUT2D eigenvalue weighted by Gasteiger charge is 2.34. The number of nitrogens with zero attached hydrogens (tertiary/aromatic N) is 2. The van der Waals surface area contributed by atoms with Crippen molar-refractivity contribution in [3.05, 3.63) is 83.8 Å². The molecule has 29 heavy (non-hydrogen) atoms. The molecule has 4 rings (SSSR count). The van der Waals surface area contributed by atoms with E-state index in [1.54, 1.807) is 41.6 Å². The number of imidazole rings is 1. The average molecular weight is 402 g/mol. The van der Waals surface area contributed by atoms with Crippen LogP contribution in [0.15, 0.2) is 61.3 Å². The van der Waals surface area contributed by atoms with Crippen LogP contribution in [-0.2, 0) is 12.7 Å². The number of benzene rings is 2. The zero-order valence-corrected chi connectivity index (χ0v) is 14.8. The molecule has 9 heteroatoms. The number of hydrogen-bond donors (Lipinski definition) is 2. The van der Waals surface area contributed by atoms with Gasteiger partial charge >= 0.3 is 6.18 Å². The van der Waals surface area contributed by atoms with Crippen LogP contribution in [0, 0.1) is 5.82 Å². The van der Waals surface area contributed by atoms with Gasteiger partial charge in [0.05, 0.1) is 23.0 Å². The first-order valence-electron chi connectivity index (χ1n) is 8.57. The molecule has 0 bridgehead atoms. The zero-order chi connectivity index (χ0) is 20.6. The number of fused-ring (bicyclic) bond motifs is 1. The number of H-pyrrole nitrogens is 1. The summed E-state index contributed by atoms with van der Waals surface area (Å²) in [5, 5.41) is 3.14. The number of rotatable bonds is 4. The summed E-state index contributed by atoms with van der Waals surface area (Å²) in [6.07, 6.45) is 1.76. The van der Waals surface area contributed by atoms with E-state index in [1.807, 2.05) is 6.07 Å². The lowest BCUT2D eigenvalue weighted by Gasteiger charge is -2.15. The molecule has 0 aliphatic heterocycles. The Morgan fingerprint density at radius 1 is 1.21 bits per heavy atom. The van der Waals surface area contributed by atoms with Gasteiger partial charge in [-0.1, -0.05) is 6.07 Å². The minimum absolute atomic E-state index is 0.223. The van der Waals surface area contributed by atoms with Gasteiger partial charge in [0, 0.05) is 41.8 Å². The molecule has 148 valence electrons. The van der Waals surface area contributed by atoms with E-state index < -0.39 is 35.6 Å². The van der Waals surface area contributed by atoms with Gasteiger partial charge in [0.25, 0.3) is 5.91 Å². The topological polar surface area (TPSA) is 62.7 Å². The second kappa shape index (κ2) is 7.08. The Kier molecular flexibility index (Phi) is 4.57. The Morgan fingerprint density at radius 3 is 2.76 bits per heavy atom. The summed E-state index contributed by atoms with van der Waals surface area (Å²) in [5.74, 6) is -1.66. The number of aromatic amines is 1. The van der Waals surface area contributed by atoms with Crippen LogP contribution in [0.4, 0.5) is 17.6 Å². The summed E-state index contributed by atoms with van der Waals surface area (Å²) in [6.45, 7) is -0.599. The molecular formula is C20H14F4N4O. The molecule has 0 atom stereocenters. The molecule has 2 aromatic carbocycles. The SMILES string of the molecule is O=C(NCc1c(F)cccc1C(F)(F)F)c1cc(-n2ccnc2)cc2cc[nH]c12. The van der Waals surface area contributed by atoms with Crippen molar-refractivity contribution in [1.82, 2.24) is 19.9 Å². The highest BCUT2D eigenvalue weighted by molar-refractivity contribution is 6.06. The molecule has 1 amide bonds. The normalized spacial score (nSPS) is 11.7. The van der Waals surface area contributed by atoms with Crippen molar-refractivity contribution < 1.29 is 22.4 Å². The first kappa shape index (κ1) is 18.7. The maximum absolute atomic E-state index is 14.0. The second-order valence-corrected chi connectivity index (χ2v) is 6.35. The number of alkyl halides is 3. The van der Waals surface area contributed by atoms with Crippen LogP contribution in [0.25, 0.3) is 16.6 Å². The van der Waals surface area contributed by atoms with Gasteiger partial charge in [-0.3, -0.25) is 4.79 Å². The van der Waals surface area contributed by atoms with Gasteiger partial charge in [0.1, 0.15) is 5.82 Å². The first-order chi connectivity index (χ1) is 13.8. The minimum atomic E-state index is -4.73. The number of halogens is 4. The van der Waals surface area contributed by atoms with Gasteiger partial charge in [0.2, 0.25) is 0 Å². The Hall–Kier alpha value is -3.62. The highest BCUT2D eigenvalue weighted by atomic mass is 19.4. The van der Waals surface area contributed by atoms with E-state index in [-0.39, 0.29) is 5.56 Å². The van der Waals surface area contributed by atoms with Crippen molar-refractivity contribution in [2.24, 2.45) is 0 Å². The second-order valence-electron chi connectivity index (χ2n) is 6.35. The van der Waals surface area contributed by atoms with Crippen LogP contribution in [0.3, 0.4) is 0 Å². The zero-order valence-electron chi connectivity index (χ0n) is 14.8. The molecule has 0 fully saturated rings. The standard InChI is InChI=1S/C20H14F4N4O/c21-17-3-1-2-16(20(22,23)24)15(17)10-27-19(29)14-9-13(28-7-6-25-11-28)8-12-4-5-26-18(12)14/h1-9,11,26H,10H2,(H,27,29). The van der Waals surface area contributed by atoms with E-state index in [0.29, 0.717) is 11.2 Å². The maximum atomic E-state index is 14.0. The van der Waals surface area contributed by atoms with Crippen molar-refractivity contribution in [1.29, 1.82) is 0 Å². The summed E-state index contributed by atoms with van der Waals surface area (Å²) >= 11 is 0. The third kappa shape index (κ3) is 3.58. The van der Waals surface area contributed by atoms with Crippen molar-refractivity contribution in [3.8, 4) is 5.69 Å². The van der Waals surface area contributed by atoms with E-state index in [9.17, 15) is 22.4 Å². The summed E-state index contributed by atoms with van der Waals surface area (Å²) in [4.78, 5) is 19.7.